The molecule has 7 nitrogen and oxygen atoms in total. The van der Waals surface area contributed by atoms with Crippen LogP contribution in [0.3, 0.4) is 0 Å². The molecule has 0 aliphatic rings. The van der Waals surface area contributed by atoms with Crippen LogP contribution in [0.4, 0.5) is 8.78 Å². The number of H-pyrrole nitrogens is 2. The van der Waals surface area contributed by atoms with Crippen molar-refractivity contribution in [2.75, 3.05) is 6.26 Å². The van der Waals surface area contributed by atoms with Gasteiger partial charge < -0.3 is 9.97 Å². The number of aromatic nitrogens is 4. The van der Waals surface area contributed by atoms with E-state index in [2.05, 4.69) is 19.9 Å². The van der Waals surface area contributed by atoms with E-state index in [-0.39, 0.29) is 11.4 Å². The molecular formula is C23H18F2N4O3S. The standard InChI is InChI=1S/C22H14F2N4.CH4O3S/c23-15-7-4-8-16(24)19(15)22-27-20(13-5-2-1-3-6-13)21(28-22)14-9-10-17-18(11-14)26-12-25-17;1-5(2,3)4/h1-12H,(H,25,26)(H,27,28);1H3,(H,2,3,4). The smallest absolute Gasteiger partial charge is 0.261 e. The first-order valence-electron chi connectivity index (χ1n) is 9.66. The van der Waals surface area contributed by atoms with Gasteiger partial charge in [0.05, 0.1) is 40.6 Å². The van der Waals surface area contributed by atoms with E-state index in [0.29, 0.717) is 17.6 Å². The average Bonchev–Trinajstić information content (AvgIpc) is 3.40. The molecule has 33 heavy (non-hydrogen) atoms. The summed E-state index contributed by atoms with van der Waals surface area (Å²) in [7, 11) is -3.67. The molecule has 10 heteroatoms. The molecule has 0 fully saturated rings. The molecular weight excluding hydrogens is 450 g/mol. The van der Waals surface area contributed by atoms with Crippen molar-refractivity contribution in [3.05, 3.63) is 84.7 Å². The van der Waals surface area contributed by atoms with Crippen molar-refractivity contribution < 1.29 is 21.8 Å². The van der Waals surface area contributed by atoms with Crippen molar-refractivity contribution in [1.82, 2.24) is 19.9 Å². The first kappa shape index (κ1) is 22.3. The number of hydrogen-bond acceptors (Lipinski definition) is 4. The SMILES string of the molecule is CS(=O)(=O)O.Fc1cccc(F)c1-c1nc(-c2ccc3nc[nH]c3c2)c(-c2ccccc2)[nH]1. The maximum atomic E-state index is 14.3. The molecule has 5 aromatic rings. The topological polar surface area (TPSA) is 112 Å². The van der Waals surface area contributed by atoms with E-state index < -0.39 is 21.8 Å². The zero-order valence-electron chi connectivity index (χ0n) is 17.3. The normalized spacial score (nSPS) is 11.3. The highest BCUT2D eigenvalue weighted by Crippen LogP contribution is 2.35. The van der Waals surface area contributed by atoms with Crippen molar-refractivity contribution in [1.29, 1.82) is 0 Å². The third kappa shape index (κ3) is 5.13. The van der Waals surface area contributed by atoms with Gasteiger partial charge in [-0.05, 0) is 24.3 Å². The van der Waals surface area contributed by atoms with Crippen LogP contribution in [0.1, 0.15) is 0 Å². The highest BCUT2D eigenvalue weighted by Gasteiger charge is 2.20. The third-order valence-electron chi connectivity index (χ3n) is 4.66. The molecule has 5 rings (SSSR count). The molecule has 0 saturated carbocycles. The summed E-state index contributed by atoms with van der Waals surface area (Å²) in [6.45, 7) is 0. The van der Waals surface area contributed by atoms with E-state index in [1.54, 1.807) is 6.33 Å². The Morgan fingerprint density at radius 3 is 2.24 bits per heavy atom. The molecule has 0 saturated heterocycles. The van der Waals surface area contributed by atoms with Crippen LogP contribution >= 0.6 is 0 Å². The number of benzene rings is 3. The van der Waals surface area contributed by atoms with Crippen LogP contribution in [0.15, 0.2) is 73.1 Å². The minimum atomic E-state index is -3.67. The Labute approximate surface area is 187 Å². The number of aromatic amines is 2. The Morgan fingerprint density at radius 1 is 0.909 bits per heavy atom. The van der Waals surface area contributed by atoms with Gasteiger partial charge in [0.25, 0.3) is 10.1 Å². The number of halogens is 2. The van der Waals surface area contributed by atoms with E-state index >= 15 is 0 Å². The monoisotopic (exact) mass is 468 g/mol. The quantitative estimate of drug-likeness (QED) is 0.320. The van der Waals surface area contributed by atoms with E-state index in [1.807, 2.05) is 48.5 Å². The molecule has 168 valence electrons. The van der Waals surface area contributed by atoms with Crippen LogP contribution in [0.5, 0.6) is 0 Å². The second-order valence-electron chi connectivity index (χ2n) is 7.14. The maximum Gasteiger partial charge on any atom is 0.261 e. The van der Waals surface area contributed by atoms with Crippen molar-refractivity contribution in [3.8, 4) is 33.9 Å². The van der Waals surface area contributed by atoms with Gasteiger partial charge in [-0.1, -0.05) is 42.5 Å². The summed E-state index contributed by atoms with van der Waals surface area (Å²) in [5.41, 5.74) is 4.51. The number of rotatable bonds is 3. The van der Waals surface area contributed by atoms with Crippen LogP contribution in [0.25, 0.3) is 44.9 Å². The number of fused-ring (bicyclic) bond motifs is 1. The molecule has 0 amide bonds. The Hall–Kier alpha value is -3.89. The number of nitrogens with zero attached hydrogens (tertiary/aromatic N) is 2. The van der Waals surface area contributed by atoms with Gasteiger partial charge in [0.15, 0.2) is 0 Å². The molecule has 0 aliphatic carbocycles. The molecule has 3 N–H and O–H groups in total. The summed E-state index contributed by atoms with van der Waals surface area (Å²) < 4.78 is 54.5. The lowest BCUT2D eigenvalue weighted by Gasteiger charge is -2.03. The van der Waals surface area contributed by atoms with Crippen LogP contribution in [0.2, 0.25) is 0 Å². The minimum Gasteiger partial charge on any atom is -0.345 e. The van der Waals surface area contributed by atoms with Crippen LogP contribution in [-0.2, 0) is 10.1 Å². The van der Waals surface area contributed by atoms with Gasteiger partial charge >= 0.3 is 0 Å². The second kappa shape index (κ2) is 8.93. The molecule has 0 aliphatic heterocycles. The largest absolute Gasteiger partial charge is 0.345 e. The third-order valence-corrected chi connectivity index (χ3v) is 4.66. The lowest BCUT2D eigenvalue weighted by molar-refractivity contribution is 0.490. The second-order valence-corrected chi connectivity index (χ2v) is 8.61. The summed E-state index contributed by atoms with van der Waals surface area (Å²) >= 11 is 0. The Morgan fingerprint density at radius 2 is 1.58 bits per heavy atom. The fraction of sp³-hybridized carbons (Fsp3) is 0.0435. The Kier molecular flexibility index (Phi) is 6.03. The Balaban J connectivity index is 0.000000471. The van der Waals surface area contributed by atoms with Gasteiger partial charge in [-0.25, -0.2) is 18.7 Å². The van der Waals surface area contributed by atoms with E-state index in [9.17, 15) is 17.2 Å². The number of nitrogens with one attached hydrogen (secondary N) is 2. The van der Waals surface area contributed by atoms with Gasteiger partial charge in [0.2, 0.25) is 0 Å². The van der Waals surface area contributed by atoms with Gasteiger partial charge in [-0.3, -0.25) is 4.55 Å². The van der Waals surface area contributed by atoms with Gasteiger partial charge in [-0.15, -0.1) is 0 Å². The molecule has 0 radical (unpaired) electrons. The fourth-order valence-corrected chi connectivity index (χ4v) is 3.32. The molecule has 2 aromatic heterocycles. The summed E-state index contributed by atoms with van der Waals surface area (Å²) in [6.07, 6.45) is 2.34. The predicted molar refractivity (Wildman–Crippen MR) is 122 cm³/mol. The highest BCUT2D eigenvalue weighted by molar-refractivity contribution is 7.85. The molecule has 3 aromatic carbocycles. The van der Waals surface area contributed by atoms with Crippen molar-refractivity contribution in [2.24, 2.45) is 0 Å². The molecule has 2 heterocycles. The van der Waals surface area contributed by atoms with E-state index in [0.717, 1.165) is 22.2 Å². The van der Waals surface area contributed by atoms with Crippen LogP contribution in [-0.4, -0.2) is 39.2 Å². The summed E-state index contributed by atoms with van der Waals surface area (Å²) in [6, 6.07) is 19.0. The van der Waals surface area contributed by atoms with Crippen molar-refractivity contribution in [3.63, 3.8) is 0 Å². The maximum absolute atomic E-state index is 14.3. The zero-order valence-corrected chi connectivity index (χ0v) is 18.1. The van der Waals surface area contributed by atoms with Gasteiger partial charge in [0, 0.05) is 11.1 Å². The average molecular weight is 468 g/mol. The molecule has 0 atom stereocenters. The highest BCUT2D eigenvalue weighted by atomic mass is 32.2. The van der Waals surface area contributed by atoms with Gasteiger partial charge in [0.1, 0.15) is 17.5 Å². The van der Waals surface area contributed by atoms with Crippen molar-refractivity contribution in [2.45, 2.75) is 0 Å². The van der Waals surface area contributed by atoms with Crippen molar-refractivity contribution >= 4 is 21.2 Å². The zero-order chi connectivity index (χ0) is 23.6. The summed E-state index contributed by atoms with van der Waals surface area (Å²) in [5, 5.41) is 0. The van der Waals surface area contributed by atoms with Crippen LogP contribution < -0.4 is 0 Å². The molecule has 0 bridgehead atoms. The first-order valence-corrected chi connectivity index (χ1v) is 11.5. The molecule has 0 unspecified atom stereocenters. The molecule has 0 spiro atoms. The van der Waals surface area contributed by atoms with Gasteiger partial charge in [-0.2, -0.15) is 8.42 Å². The lowest BCUT2D eigenvalue weighted by atomic mass is 10.0. The van der Waals surface area contributed by atoms with E-state index in [1.165, 1.54) is 18.2 Å². The Bertz CT molecular complexity index is 1500. The number of imidazole rings is 2. The lowest BCUT2D eigenvalue weighted by Crippen LogP contribution is -1.91. The fourth-order valence-electron chi connectivity index (χ4n) is 3.32. The predicted octanol–water partition coefficient (Wildman–Crippen LogP) is 5.07. The summed E-state index contributed by atoms with van der Waals surface area (Å²) in [5.74, 6) is -1.18. The van der Waals surface area contributed by atoms with Crippen LogP contribution in [0, 0.1) is 11.6 Å². The minimum absolute atomic E-state index is 0.147. The first-order chi connectivity index (χ1) is 15.7. The number of hydrogen-bond donors (Lipinski definition) is 3. The summed E-state index contributed by atoms with van der Waals surface area (Å²) in [4.78, 5) is 15.0. The van der Waals surface area contributed by atoms with E-state index in [4.69, 9.17) is 4.55 Å².